The van der Waals surface area contributed by atoms with Crippen molar-refractivity contribution >= 4 is 12.0 Å². The first-order valence-corrected chi connectivity index (χ1v) is 9.44. The highest BCUT2D eigenvalue weighted by atomic mass is 16.6. The minimum atomic E-state index is -0.480. The van der Waals surface area contributed by atoms with Crippen LogP contribution < -0.4 is 5.32 Å². The minimum absolute atomic E-state index is 0.0974. The van der Waals surface area contributed by atoms with Gasteiger partial charge in [0.1, 0.15) is 5.60 Å². The maximum Gasteiger partial charge on any atom is 0.410 e. The fourth-order valence-corrected chi connectivity index (χ4v) is 3.13. The maximum absolute atomic E-state index is 12.4. The van der Waals surface area contributed by atoms with E-state index in [1.165, 1.54) is 5.56 Å². The van der Waals surface area contributed by atoms with Crippen LogP contribution in [0, 0.1) is 6.92 Å². The van der Waals surface area contributed by atoms with Crippen molar-refractivity contribution in [3.63, 3.8) is 0 Å². The van der Waals surface area contributed by atoms with E-state index in [4.69, 9.17) is 4.74 Å². The summed E-state index contributed by atoms with van der Waals surface area (Å²) in [5, 5.41) is 3.25. The number of anilines is 1. The molecule has 1 atom stereocenters. The number of nitrogens with zero attached hydrogens (tertiary/aromatic N) is 3. The van der Waals surface area contributed by atoms with Gasteiger partial charge in [-0.05, 0) is 46.1 Å². The fourth-order valence-electron chi connectivity index (χ4n) is 3.13. The molecule has 2 heterocycles. The topological polar surface area (TPSA) is 67.4 Å². The number of rotatable bonds is 4. The number of benzene rings is 1. The lowest BCUT2D eigenvalue weighted by molar-refractivity contribution is 0.0235. The molecule has 1 aromatic heterocycles. The first-order valence-electron chi connectivity index (χ1n) is 9.44. The molecule has 0 spiro atoms. The average molecular weight is 368 g/mol. The maximum atomic E-state index is 12.4. The van der Waals surface area contributed by atoms with E-state index in [1.807, 2.05) is 33.2 Å². The van der Waals surface area contributed by atoms with Crippen LogP contribution in [0.3, 0.4) is 0 Å². The highest BCUT2D eigenvalue weighted by Gasteiger charge is 2.32. The van der Waals surface area contributed by atoms with Crippen LogP contribution in [0.1, 0.15) is 39.2 Å². The Hall–Kier alpha value is -2.63. The third kappa shape index (κ3) is 5.18. The summed E-state index contributed by atoms with van der Waals surface area (Å²) >= 11 is 0. The van der Waals surface area contributed by atoms with Crippen molar-refractivity contribution < 1.29 is 9.53 Å². The van der Waals surface area contributed by atoms with Crippen molar-refractivity contribution in [2.24, 2.45) is 0 Å². The van der Waals surface area contributed by atoms with Crippen LogP contribution in [0.15, 0.2) is 36.7 Å². The SMILES string of the molecule is Cc1ccc(-c2cnc(NC[C@@H]3CCCN3C(=O)OC(C)(C)C)nc2)cc1. The highest BCUT2D eigenvalue weighted by Crippen LogP contribution is 2.22. The van der Waals surface area contributed by atoms with Gasteiger partial charge in [-0.1, -0.05) is 29.8 Å². The number of hydrogen-bond donors (Lipinski definition) is 1. The zero-order chi connectivity index (χ0) is 19.4. The molecule has 0 aliphatic carbocycles. The Morgan fingerprint density at radius 3 is 2.48 bits per heavy atom. The first-order chi connectivity index (χ1) is 12.8. The Morgan fingerprint density at radius 1 is 1.19 bits per heavy atom. The van der Waals surface area contributed by atoms with Gasteiger partial charge >= 0.3 is 6.09 Å². The average Bonchev–Trinajstić information content (AvgIpc) is 3.08. The summed E-state index contributed by atoms with van der Waals surface area (Å²) < 4.78 is 5.50. The third-order valence-corrected chi connectivity index (χ3v) is 4.54. The molecule has 0 unspecified atom stereocenters. The second-order valence-electron chi connectivity index (χ2n) is 8.01. The van der Waals surface area contributed by atoms with E-state index in [2.05, 4.69) is 46.5 Å². The predicted octanol–water partition coefficient (Wildman–Crippen LogP) is 4.26. The van der Waals surface area contributed by atoms with E-state index in [9.17, 15) is 4.79 Å². The highest BCUT2D eigenvalue weighted by molar-refractivity contribution is 5.69. The Labute approximate surface area is 161 Å². The molecule has 2 aromatic rings. The predicted molar refractivity (Wildman–Crippen MR) is 107 cm³/mol. The number of likely N-dealkylation sites (tertiary alicyclic amines) is 1. The molecular formula is C21H28N4O2. The van der Waals surface area contributed by atoms with Crippen molar-refractivity contribution in [2.75, 3.05) is 18.4 Å². The van der Waals surface area contributed by atoms with Crippen molar-refractivity contribution in [2.45, 2.75) is 52.2 Å². The largest absolute Gasteiger partial charge is 0.444 e. The monoisotopic (exact) mass is 368 g/mol. The lowest BCUT2D eigenvalue weighted by atomic mass is 10.1. The van der Waals surface area contributed by atoms with Crippen LogP contribution in [0.25, 0.3) is 11.1 Å². The molecule has 3 rings (SSSR count). The van der Waals surface area contributed by atoms with Gasteiger partial charge < -0.3 is 15.0 Å². The van der Waals surface area contributed by atoms with Crippen LogP contribution in [0.2, 0.25) is 0 Å². The molecule has 1 aliphatic rings. The van der Waals surface area contributed by atoms with Gasteiger partial charge in [0.15, 0.2) is 0 Å². The summed E-state index contributed by atoms with van der Waals surface area (Å²) in [7, 11) is 0. The van der Waals surface area contributed by atoms with Crippen LogP contribution in [0.4, 0.5) is 10.7 Å². The summed E-state index contributed by atoms with van der Waals surface area (Å²) in [4.78, 5) is 23.0. The van der Waals surface area contributed by atoms with Gasteiger partial charge in [0.05, 0.1) is 6.04 Å². The molecule has 1 fully saturated rings. The third-order valence-electron chi connectivity index (χ3n) is 4.54. The minimum Gasteiger partial charge on any atom is -0.444 e. The molecule has 27 heavy (non-hydrogen) atoms. The molecule has 6 heteroatoms. The number of ether oxygens (including phenoxy) is 1. The van der Waals surface area contributed by atoms with Crippen molar-refractivity contribution in [1.82, 2.24) is 14.9 Å². The number of carbonyl (C=O) groups is 1. The van der Waals surface area contributed by atoms with Crippen molar-refractivity contribution in [3.8, 4) is 11.1 Å². The van der Waals surface area contributed by atoms with E-state index >= 15 is 0 Å². The molecule has 0 saturated carbocycles. The molecule has 6 nitrogen and oxygen atoms in total. The molecular weight excluding hydrogens is 340 g/mol. The molecule has 1 aliphatic heterocycles. The van der Waals surface area contributed by atoms with Crippen molar-refractivity contribution in [1.29, 1.82) is 0 Å². The Morgan fingerprint density at radius 2 is 1.85 bits per heavy atom. The number of aromatic nitrogens is 2. The van der Waals surface area contributed by atoms with E-state index in [1.54, 1.807) is 4.90 Å². The van der Waals surface area contributed by atoms with Gasteiger partial charge in [0, 0.05) is 31.0 Å². The smallest absolute Gasteiger partial charge is 0.410 e. The Balaban J connectivity index is 1.57. The van der Waals surface area contributed by atoms with E-state index in [0.29, 0.717) is 12.5 Å². The normalized spacial score (nSPS) is 17.0. The molecule has 1 N–H and O–H groups in total. The summed E-state index contributed by atoms with van der Waals surface area (Å²) in [5.41, 5.74) is 2.83. The molecule has 0 bridgehead atoms. The number of carbonyl (C=O) groups excluding carboxylic acids is 1. The van der Waals surface area contributed by atoms with Crippen LogP contribution in [0.5, 0.6) is 0 Å². The van der Waals surface area contributed by atoms with E-state index in [0.717, 1.165) is 30.5 Å². The van der Waals surface area contributed by atoms with E-state index < -0.39 is 5.60 Å². The van der Waals surface area contributed by atoms with Gasteiger partial charge in [-0.2, -0.15) is 0 Å². The lowest BCUT2D eigenvalue weighted by Crippen LogP contribution is -2.42. The lowest BCUT2D eigenvalue weighted by Gasteiger charge is -2.28. The zero-order valence-corrected chi connectivity index (χ0v) is 16.5. The summed E-state index contributed by atoms with van der Waals surface area (Å²) in [5.74, 6) is 0.571. The summed E-state index contributed by atoms with van der Waals surface area (Å²) in [6.07, 6.45) is 5.33. The molecule has 1 amide bonds. The van der Waals surface area contributed by atoms with Crippen LogP contribution >= 0.6 is 0 Å². The fraction of sp³-hybridized carbons (Fsp3) is 0.476. The number of nitrogens with one attached hydrogen (secondary N) is 1. The van der Waals surface area contributed by atoms with E-state index in [-0.39, 0.29) is 12.1 Å². The zero-order valence-electron chi connectivity index (χ0n) is 16.5. The van der Waals surface area contributed by atoms with Gasteiger partial charge in [-0.3, -0.25) is 0 Å². The van der Waals surface area contributed by atoms with Crippen LogP contribution in [-0.2, 0) is 4.74 Å². The summed E-state index contributed by atoms with van der Waals surface area (Å²) in [6.45, 7) is 9.07. The standard InChI is InChI=1S/C21H28N4O2/c1-15-7-9-16(10-8-15)17-12-22-19(23-13-17)24-14-18-6-5-11-25(18)20(26)27-21(2,3)4/h7-10,12-13,18H,5-6,11,14H2,1-4H3,(H,22,23,24)/t18-/m0/s1. The Kier molecular flexibility index (Phi) is 5.63. The molecule has 1 saturated heterocycles. The van der Waals surface area contributed by atoms with Gasteiger partial charge in [-0.15, -0.1) is 0 Å². The molecule has 144 valence electrons. The van der Waals surface area contributed by atoms with Gasteiger partial charge in [0.25, 0.3) is 0 Å². The molecule has 1 aromatic carbocycles. The number of aryl methyl sites for hydroxylation is 1. The second kappa shape index (κ2) is 7.94. The first kappa shape index (κ1) is 19.1. The van der Waals surface area contributed by atoms with Crippen LogP contribution in [-0.4, -0.2) is 45.7 Å². The van der Waals surface area contributed by atoms with Crippen molar-refractivity contribution in [3.05, 3.63) is 42.2 Å². The number of hydrogen-bond acceptors (Lipinski definition) is 5. The second-order valence-corrected chi connectivity index (χ2v) is 8.01. The summed E-state index contributed by atoms with van der Waals surface area (Å²) in [6, 6.07) is 8.39. The Bertz CT molecular complexity index is 766. The van der Waals surface area contributed by atoms with Gasteiger partial charge in [-0.25, -0.2) is 14.8 Å². The molecule has 0 radical (unpaired) electrons. The quantitative estimate of drug-likeness (QED) is 0.873. The van der Waals surface area contributed by atoms with Gasteiger partial charge in [0.2, 0.25) is 5.95 Å². The number of amides is 1.